The number of aromatic nitrogens is 2. The van der Waals surface area contributed by atoms with Gasteiger partial charge in [-0.2, -0.15) is 13.2 Å². The predicted octanol–water partition coefficient (Wildman–Crippen LogP) is 6.75. The fraction of sp³-hybridized carbons (Fsp3) is 0.192. The van der Waals surface area contributed by atoms with E-state index in [0.717, 1.165) is 23.9 Å². The standard InChI is InChI=1S/C26H22Cl2F3N5O3.ClH/c1-15-13-36-10-4-7-21(24(36)33-15)39-14-18-19(27)8-9-20(23(18)28)35(2)22(37)12-32-25(38)34-17-6-3-5-16(11-17)26(29,30)31;/h3-11,13H,12,14H2,1-2H3,(H2,32,34,38);1H. The van der Waals surface area contributed by atoms with Crippen molar-refractivity contribution in [3.8, 4) is 5.75 Å². The molecule has 0 atom stereocenters. The van der Waals surface area contributed by atoms with Crippen LogP contribution in [0.5, 0.6) is 5.75 Å². The van der Waals surface area contributed by atoms with Crippen molar-refractivity contribution in [2.75, 3.05) is 23.8 Å². The summed E-state index contributed by atoms with van der Waals surface area (Å²) >= 11 is 13.0. The molecule has 0 aliphatic carbocycles. The molecule has 0 spiro atoms. The highest BCUT2D eigenvalue weighted by atomic mass is 35.5. The van der Waals surface area contributed by atoms with Gasteiger partial charge in [-0.25, -0.2) is 9.78 Å². The van der Waals surface area contributed by atoms with Gasteiger partial charge in [0.1, 0.15) is 6.61 Å². The van der Waals surface area contributed by atoms with E-state index in [1.54, 1.807) is 18.2 Å². The number of carbonyl (C=O) groups excluding carboxylic acids is 2. The summed E-state index contributed by atoms with van der Waals surface area (Å²) in [7, 11) is 1.46. The summed E-state index contributed by atoms with van der Waals surface area (Å²) in [6.45, 7) is 1.41. The van der Waals surface area contributed by atoms with Crippen molar-refractivity contribution in [2.45, 2.75) is 19.7 Å². The van der Waals surface area contributed by atoms with Gasteiger partial charge in [-0.05, 0) is 49.4 Å². The summed E-state index contributed by atoms with van der Waals surface area (Å²) in [6.07, 6.45) is -0.852. The SMILES string of the molecule is Cc1cn2cccc(OCc3c(Cl)ccc(N(C)C(=O)CNC(=O)Nc4cccc(C(F)(F)F)c4)c3Cl)c2n1.Cl. The number of halogens is 6. The molecular weight excluding hydrogens is 594 g/mol. The lowest BCUT2D eigenvalue weighted by molar-refractivity contribution is -0.137. The van der Waals surface area contributed by atoms with E-state index in [1.165, 1.54) is 18.0 Å². The number of hydrogen-bond acceptors (Lipinski definition) is 4. The molecule has 4 rings (SSSR count). The number of rotatable bonds is 7. The van der Waals surface area contributed by atoms with E-state index < -0.39 is 30.2 Å². The number of alkyl halides is 3. The largest absolute Gasteiger partial charge is 0.485 e. The zero-order valence-corrected chi connectivity index (χ0v) is 23.4. The first kappa shape index (κ1) is 30.9. The van der Waals surface area contributed by atoms with Crippen LogP contribution >= 0.6 is 35.6 Å². The first-order valence-corrected chi connectivity index (χ1v) is 12.2. The molecule has 0 radical (unpaired) electrons. The molecule has 0 saturated heterocycles. The zero-order valence-electron chi connectivity index (χ0n) is 21.1. The van der Waals surface area contributed by atoms with Crippen LogP contribution in [0.1, 0.15) is 16.8 Å². The summed E-state index contributed by atoms with van der Waals surface area (Å²) in [5, 5.41) is 5.11. The molecule has 8 nitrogen and oxygen atoms in total. The number of imidazole rings is 1. The van der Waals surface area contributed by atoms with E-state index in [-0.39, 0.29) is 29.7 Å². The molecule has 2 aromatic heterocycles. The molecule has 4 aromatic rings. The summed E-state index contributed by atoms with van der Waals surface area (Å²) < 4.78 is 46.4. The van der Waals surface area contributed by atoms with Gasteiger partial charge in [-0.3, -0.25) is 4.79 Å². The van der Waals surface area contributed by atoms with Crippen LogP contribution in [-0.2, 0) is 17.6 Å². The Morgan fingerprint density at radius 1 is 1.12 bits per heavy atom. The lowest BCUT2D eigenvalue weighted by Crippen LogP contribution is -2.40. The summed E-state index contributed by atoms with van der Waals surface area (Å²) in [5.41, 5.74) is 1.22. The summed E-state index contributed by atoms with van der Waals surface area (Å²) in [5.74, 6) is -0.0218. The first-order valence-electron chi connectivity index (χ1n) is 11.5. The molecule has 0 saturated carbocycles. The molecule has 0 unspecified atom stereocenters. The Bertz CT molecular complexity index is 1550. The zero-order chi connectivity index (χ0) is 28.3. The monoisotopic (exact) mass is 615 g/mol. The molecule has 0 bridgehead atoms. The number of benzene rings is 2. The van der Waals surface area contributed by atoms with E-state index in [0.29, 0.717) is 27.7 Å². The number of pyridine rings is 1. The van der Waals surface area contributed by atoms with Gasteiger partial charge in [0.05, 0.1) is 28.5 Å². The Labute approximate surface area is 243 Å². The van der Waals surface area contributed by atoms with Crippen LogP contribution in [0.2, 0.25) is 10.0 Å². The van der Waals surface area contributed by atoms with Crippen molar-refractivity contribution in [1.82, 2.24) is 14.7 Å². The minimum Gasteiger partial charge on any atom is -0.485 e. The van der Waals surface area contributed by atoms with E-state index in [2.05, 4.69) is 15.6 Å². The number of nitrogens with one attached hydrogen (secondary N) is 2. The third kappa shape index (κ3) is 7.09. The number of hydrogen-bond donors (Lipinski definition) is 2. The van der Waals surface area contributed by atoms with Crippen LogP contribution in [-0.4, -0.2) is 34.9 Å². The average Bonchev–Trinajstić information content (AvgIpc) is 3.27. The van der Waals surface area contributed by atoms with Crippen LogP contribution in [0.3, 0.4) is 0 Å². The van der Waals surface area contributed by atoms with Gasteiger partial charge in [0.15, 0.2) is 11.4 Å². The van der Waals surface area contributed by atoms with Crippen molar-refractivity contribution < 1.29 is 27.5 Å². The number of urea groups is 1. The lowest BCUT2D eigenvalue weighted by Gasteiger charge is -2.21. The lowest BCUT2D eigenvalue weighted by atomic mass is 10.2. The molecule has 212 valence electrons. The first-order chi connectivity index (χ1) is 18.4. The van der Waals surface area contributed by atoms with Crippen molar-refractivity contribution in [3.05, 3.63) is 87.8 Å². The number of aryl methyl sites for hydroxylation is 1. The second-order valence-electron chi connectivity index (χ2n) is 8.47. The topological polar surface area (TPSA) is 88.0 Å². The van der Waals surface area contributed by atoms with Crippen molar-refractivity contribution in [2.24, 2.45) is 0 Å². The van der Waals surface area contributed by atoms with Gasteiger partial charge >= 0.3 is 12.2 Å². The highest BCUT2D eigenvalue weighted by Crippen LogP contribution is 2.35. The van der Waals surface area contributed by atoms with Crippen LogP contribution in [0.4, 0.5) is 29.3 Å². The number of amides is 3. The fourth-order valence-corrected chi connectivity index (χ4v) is 4.31. The smallest absolute Gasteiger partial charge is 0.416 e. The van der Waals surface area contributed by atoms with Gasteiger partial charge in [-0.15, -0.1) is 12.4 Å². The second-order valence-corrected chi connectivity index (χ2v) is 9.26. The predicted molar refractivity (Wildman–Crippen MR) is 150 cm³/mol. The van der Waals surface area contributed by atoms with Gasteiger partial charge in [0.25, 0.3) is 0 Å². The number of anilines is 2. The number of fused-ring (bicyclic) bond motifs is 1. The Morgan fingerprint density at radius 2 is 1.88 bits per heavy atom. The van der Waals surface area contributed by atoms with E-state index in [9.17, 15) is 22.8 Å². The molecule has 2 N–H and O–H groups in total. The quantitative estimate of drug-likeness (QED) is 0.240. The van der Waals surface area contributed by atoms with E-state index in [4.69, 9.17) is 27.9 Å². The molecular formula is C26H23Cl3F3N5O3. The molecule has 2 aromatic carbocycles. The number of ether oxygens (including phenoxy) is 1. The van der Waals surface area contributed by atoms with Crippen molar-refractivity contribution >= 4 is 64.6 Å². The van der Waals surface area contributed by atoms with E-state index in [1.807, 2.05) is 29.8 Å². The number of nitrogens with zero attached hydrogens (tertiary/aromatic N) is 3. The maximum atomic E-state index is 12.9. The minimum atomic E-state index is -4.56. The molecule has 40 heavy (non-hydrogen) atoms. The molecule has 0 aliphatic rings. The summed E-state index contributed by atoms with van der Waals surface area (Å²) in [6, 6.07) is 9.98. The second kappa shape index (κ2) is 12.7. The molecule has 3 amide bonds. The fourth-order valence-electron chi connectivity index (χ4n) is 3.71. The Balaban J connectivity index is 0.00000441. The Kier molecular flexibility index (Phi) is 9.78. The normalized spacial score (nSPS) is 11.1. The maximum Gasteiger partial charge on any atom is 0.416 e. The Morgan fingerprint density at radius 3 is 2.60 bits per heavy atom. The van der Waals surface area contributed by atoms with Crippen molar-refractivity contribution in [1.29, 1.82) is 0 Å². The molecule has 14 heteroatoms. The summed E-state index contributed by atoms with van der Waals surface area (Å²) in [4.78, 5) is 30.6. The van der Waals surface area contributed by atoms with E-state index >= 15 is 0 Å². The van der Waals surface area contributed by atoms with Crippen LogP contribution in [0.25, 0.3) is 5.65 Å². The molecule has 0 aliphatic heterocycles. The minimum absolute atomic E-state index is 0. The van der Waals surface area contributed by atoms with Gasteiger partial charge in [0, 0.05) is 35.7 Å². The van der Waals surface area contributed by atoms with Crippen LogP contribution in [0, 0.1) is 6.92 Å². The van der Waals surface area contributed by atoms with Crippen LogP contribution in [0.15, 0.2) is 60.9 Å². The maximum absolute atomic E-state index is 12.9. The highest BCUT2D eigenvalue weighted by molar-refractivity contribution is 6.38. The van der Waals surface area contributed by atoms with Crippen molar-refractivity contribution in [3.63, 3.8) is 0 Å². The van der Waals surface area contributed by atoms with Gasteiger partial charge in [0.2, 0.25) is 5.91 Å². The highest BCUT2D eigenvalue weighted by Gasteiger charge is 2.30. The third-order valence-corrected chi connectivity index (χ3v) is 6.46. The van der Waals surface area contributed by atoms with Gasteiger partial charge in [-0.1, -0.05) is 29.3 Å². The molecule has 0 fully saturated rings. The van der Waals surface area contributed by atoms with Gasteiger partial charge < -0.3 is 24.7 Å². The average molecular weight is 617 g/mol. The Hall–Kier alpha value is -3.67. The molecule has 2 heterocycles. The number of likely N-dealkylation sites (N-methyl/N-ethyl adjacent to an activating group) is 1. The number of carbonyl (C=O) groups is 2. The van der Waals surface area contributed by atoms with Crippen LogP contribution < -0.4 is 20.3 Å². The third-order valence-electron chi connectivity index (χ3n) is 5.69.